The third-order valence-electron chi connectivity index (χ3n) is 2.55. The van der Waals surface area contributed by atoms with Crippen LogP contribution in [-0.2, 0) is 0 Å². The van der Waals surface area contributed by atoms with Crippen LogP contribution in [0.5, 0.6) is 23.1 Å². The van der Waals surface area contributed by atoms with Crippen molar-refractivity contribution in [1.29, 1.82) is 0 Å². The summed E-state index contributed by atoms with van der Waals surface area (Å²) in [6.45, 7) is 0. The Bertz CT molecular complexity index is 616. The molecule has 98 valence electrons. The Kier molecular flexibility index (Phi) is 3.55. The van der Waals surface area contributed by atoms with Gasteiger partial charge < -0.3 is 9.47 Å². The number of nitrogens with zero attached hydrogens (tertiary/aromatic N) is 2. The molecule has 1 aromatic heterocycles. The van der Waals surface area contributed by atoms with Crippen LogP contribution in [0.15, 0.2) is 73.2 Å². The molecule has 0 saturated heterocycles. The van der Waals surface area contributed by atoms with E-state index in [9.17, 15) is 0 Å². The van der Waals surface area contributed by atoms with Crippen molar-refractivity contribution in [2.75, 3.05) is 0 Å². The summed E-state index contributed by atoms with van der Waals surface area (Å²) in [4.78, 5) is 8.01. The predicted octanol–water partition coefficient (Wildman–Crippen LogP) is 4.06. The molecule has 3 aromatic rings. The highest BCUT2D eigenvalue weighted by molar-refractivity contribution is 5.37. The molecule has 1 heterocycles. The van der Waals surface area contributed by atoms with Crippen molar-refractivity contribution < 1.29 is 9.47 Å². The molecule has 4 nitrogen and oxygen atoms in total. The van der Waals surface area contributed by atoms with Crippen molar-refractivity contribution in [2.24, 2.45) is 0 Å². The van der Waals surface area contributed by atoms with Crippen LogP contribution in [0.1, 0.15) is 0 Å². The molecule has 0 aliphatic rings. The number of hydrogen-bond acceptors (Lipinski definition) is 4. The molecule has 0 fully saturated rings. The maximum Gasteiger partial charge on any atom is 0.237 e. The normalized spacial score (nSPS) is 10.0. The molecular weight excluding hydrogens is 252 g/mol. The van der Waals surface area contributed by atoms with E-state index in [2.05, 4.69) is 9.97 Å². The molecule has 3 rings (SSSR count). The molecule has 0 aliphatic carbocycles. The minimum Gasteiger partial charge on any atom is -0.457 e. The molecule has 2 aromatic carbocycles. The summed E-state index contributed by atoms with van der Waals surface area (Å²) in [6, 6.07) is 17.0. The molecule has 0 atom stereocenters. The zero-order valence-electron chi connectivity index (χ0n) is 10.6. The van der Waals surface area contributed by atoms with Gasteiger partial charge in [-0.05, 0) is 24.3 Å². The molecule has 4 heteroatoms. The van der Waals surface area contributed by atoms with E-state index in [1.54, 1.807) is 18.6 Å². The van der Waals surface area contributed by atoms with Crippen LogP contribution < -0.4 is 9.47 Å². The Morgan fingerprint density at radius 1 is 0.700 bits per heavy atom. The fraction of sp³-hybridized carbons (Fsp3) is 0. The molecule has 0 aliphatic heterocycles. The molecule has 0 radical (unpaired) electrons. The average molecular weight is 264 g/mol. The lowest BCUT2D eigenvalue weighted by atomic mass is 10.3. The van der Waals surface area contributed by atoms with Gasteiger partial charge in [-0.1, -0.05) is 24.3 Å². The first-order chi connectivity index (χ1) is 9.90. The lowest BCUT2D eigenvalue weighted by Gasteiger charge is -2.08. The summed E-state index contributed by atoms with van der Waals surface area (Å²) in [5.74, 6) is 2.59. The molecule has 0 saturated carbocycles. The van der Waals surface area contributed by atoms with Crippen molar-refractivity contribution >= 4 is 0 Å². The van der Waals surface area contributed by atoms with Crippen molar-refractivity contribution in [3.8, 4) is 23.1 Å². The van der Waals surface area contributed by atoms with E-state index in [4.69, 9.17) is 9.47 Å². The van der Waals surface area contributed by atoms with Crippen LogP contribution in [-0.4, -0.2) is 9.97 Å². The van der Waals surface area contributed by atoms with Crippen LogP contribution in [0.2, 0.25) is 0 Å². The predicted molar refractivity (Wildman–Crippen MR) is 75.1 cm³/mol. The largest absolute Gasteiger partial charge is 0.457 e. The first-order valence-electron chi connectivity index (χ1n) is 6.17. The fourth-order valence-corrected chi connectivity index (χ4v) is 1.68. The highest BCUT2D eigenvalue weighted by atomic mass is 16.5. The topological polar surface area (TPSA) is 44.2 Å². The van der Waals surface area contributed by atoms with Crippen LogP contribution in [0.4, 0.5) is 0 Å². The second-order valence-corrected chi connectivity index (χ2v) is 4.04. The maximum absolute atomic E-state index is 5.74. The van der Waals surface area contributed by atoms with E-state index >= 15 is 0 Å². The Balaban J connectivity index is 1.76. The highest BCUT2D eigenvalue weighted by Gasteiger charge is 2.01. The zero-order valence-corrected chi connectivity index (χ0v) is 10.6. The lowest BCUT2D eigenvalue weighted by molar-refractivity contribution is 0.447. The molecule has 0 unspecified atom stereocenters. The van der Waals surface area contributed by atoms with E-state index in [1.165, 1.54) is 0 Å². The van der Waals surface area contributed by atoms with Crippen LogP contribution in [0.25, 0.3) is 0 Å². The lowest BCUT2D eigenvalue weighted by Crippen LogP contribution is -1.89. The van der Waals surface area contributed by atoms with E-state index in [0.29, 0.717) is 17.4 Å². The first-order valence-corrected chi connectivity index (χ1v) is 6.17. The van der Waals surface area contributed by atoms with E-state index in [0.717, 1.165) is 5.75 Å². The van der Waals surface area contributed by atoms with Crippen molar-refractivity contribution in [2.45, 2.75) is 0 Å². The molecule has 0 bridgehead atoms. The van der Waals surface area contributed by atoms with E-state index < -0.39 is 0 Å². The summed E-state index contributed by atoms with van der Waals surface area (Å²) >= 11 is 0. The smallest absolute Gasteiger partial charge is 0.237 e. The summed E-state index contributed by atoms with van der Waals surface area (Å²) < 4.78 is 11.3. The third-order valence-corrected chi connectivity index (χ3v) is 2.55. The second kappa shape index (κ2) is 5.84. The number of para-hydroxylation sites is 1. The first kappa shape index (κ1) is 12.2. The summed E-state index contributed by atoms with van der Waals surface area (Å²) in [6.07, 6.45) is 4.74. The molecule has 20 heavy (non-hydrogen) atoms. The van der Waals surface area contributed by atoms with Gasteiger partial charge in [0.15, 0.2) is 0 Å². The Labute approximate surface area is 116 Å². The summed E-state index contributed by atoms with van der Waals surface area (Å²) in [5, 5.41) is 0. The second-order valence-electron chi connectivity index (χ2n) is 4.04. The van der Waals surface area contributed by atoms with Gasteiger partial charge in [0.25, 0.3) is 0 Å². The Morgan fingerprint density at radius 2 is 1.45 bits per heavy atom. The minimum absolute atomic E-state index is 0.448. The quantitative estimate of drug-likeness (QED) is 0.712. The standard InChI is InChI=1S/C16H12N2O2/c1-2-5-13(6-3-1)19-14-7-4-8-15(11-14)20-16-12-17-9-10-18-16/h1-12H. The van der Waals surface area contributed by atoms with Gasteiger partial charge in [0, 0.05) is 18.5 Å². The van der Waals surface area contributed by atoms with Crippen LogP contribution in [0, 0.1) is 0 Å². The van der Waals surface area contributed by atoms with Crippen molar-refractivity contribution in [3.05, 3.63) is 73.2 Å². The van der Waals surface area contributed by atoms with Gasteiger partial charge in [-0.2, -0.15) is 0 Å². The zero-order chi connectivity index (χ0) is 13.6. The number of rotatable bonds is 4. The fourth-order valence-electron chi connectivity index (χ4n) is 1.68. The number of ether oxygens (including phenoxy) is 2. The summed E-state index contributed by atoms with van der Waals surface area (Å²) in [5.41, 5.74) is 0. The van der Waals surface area contributed by atoms with Gasteiger partial charge in [-0.25, -0.2) is 4.98 Å². The molecular formula is C16H12N2O2. The van der Waals surface area contributed by atoms with Gasteiger partial charge in [-0.3, -0.25) is 4.98 Å². The van der Waals surface area contributed by atoms with E-state index in [-0.39, 0.29) is 0 Å². The monoisotopic (exact) mass is 264 g/mol. The van der Waals surface area contributed by atoms with Gasteiger partial charge in [-0.15, -0.1) is 0 Å². The molecule has 0 amide bonds. The van der Waals surface area contributed by atoms with E-state index in [1.807, 2.05) is 54.6 Å². The highest BCUT2D eigenvalue weighted by Crippen LogP contribution is 2.27. The van der Waals surface area contributed by atoms with Crippen molar-refractivity contribution in [1.82, 2.24) is 9.97 Å². The number of benzene rings is 2. The molecule has 0 N–H and O–H groups in total. The Morgan fingerprint density at radius 3 is 2.20 bits per heavy atom. The number of hydrogen-bond donors (Lipinski definition) is 0. The Hall–Kier alpha value is -2.88. The average Bonchev–Trinajstić information content (AvgIpc) is 2.50. The van der Waals surface area contributed by atoms with Gasteiger partial charge >= 0.3 is 0 Å². The summed E-state index contributed by atoms with van der Waals surface area (Å²) in [7, 11) is 0. The van der Waals surface area contributed by atoms with Gasteiger partial charge in [0.05, 0.1) is 6.20 Å². The van der Waals surface area contributed by atoms with Gasteiger partial charge in [0.2, 0.25) is 5.88 Å². The third kappa shape index (κ3) is 3.11. The number of aromatic nitrogens is 2. The van der Waals surface area contributed by atoms with Crippen LogP contribution >= 0.6 is 0 Å². The maximum atomic E-state index is 5.74. The van der Waals surface area contributed by atoms with Crippen LogP contribution in [0.3, 0.4) is 0 Å². The van der Waals surface area contributed by atoms with Crippen molar-refractivity contribution in [3.63, 3.8) is 0 Å². The molecule has 0 spiro atoms. The SMILES string of the molecule is c1ccc(Oc2cccc(Oc3cnccn3)c2)cc1. The minimum atomic E-state index is 0.448. The van der Waals surface area contributed by atoms with Gasteiger partial charge in [0.1, 0.15) is 17.2 Å².